The molecule has 0 aromatic rings. The molecule has 2 N–H and O–H groups in total. The zero-order valence-electron chi connectivity index (χ0n) is 13.2. The molecule has 0 aliphatic carbocycles. The van der Waals surface area contributed by atoms with Gasteiger partial charge in [0.25, 0.3) is 0 Å². The van der Waals surface area contributed by atoms with Crippen LogP contribution in [-0.4, -0.2) is 69.1 Å². The highest BCUT2D eigenvalue weighted by Gasteiger charge is 2.46. The van der Waals surface area contributed by atoms with Gasteiger partial charge in [0.2, 0.25) is 5.91 Å². The molecule has 2 fully saturated rings. The molecule has 0 saturated carbocycles. The lowest BCUT2D eigenvalue weighted by molar-refractivity contribution is -0.144. The van der Waals surface area contributed by atoms with E-state index in [-0.39, 0.29) is 18.1 Å². The number of nitrogens with zero attached hydrogens (tertiary/aromatic N) is 1. The minimum absolute atomic E-state index is 0.125. The van der Waals surface area contributed by atoms with Crippen LogP contribution in [0.15, 0.2) is 0 Å². The molecular weight excluding hydrogens is 272 g/mol. The summed E-state index contributed by atoms with van der Waals surface area (Å²) < 4.78 is 16.4. The molecule has 0 aromatic carbocycles. The highest BCUT2D eigenvalue weighted by molar-refractivity contribution is 5.83. The van der Waals surface area contributed by atoms with Gasteiger partial charge in [0.1, 0.15) is 0 Å². The van der Waals surface area contributed by atoms with Crippen LogP contribution >= 0.6 is 0 Å². The molecule has 2 aliphatic heterocycles. The molecule has 0 bridgehead atoms. The van der Waals surface area contributed by atoms with Crippen LogP contribution in [-0.2, 0) is 19.0 Å². The number of hydrogen-bond acceptors (Lipinski definition) is 5. The quantitative estimate of drug-likeness (QED) is 0.719. The SMILES string of the molecule is CCOCCOC1CCN(C(=O)C2(C)COCC2N)CC1. The summed E-state index contributed by atoms with van der Waals surface area (Å²) in [5.41, 5.74) is 5.46. The summed E-state index contributed by atoms with van der Waals surface area (Å²) in [5, 5.41) is 0. The smallest absolute Gasteiger partial charge is 0.232 e. The van der Waals surface area contributed by atoms with Gasteiger partial charge >= 0.3 is 0 Å². The van der Waals surface area contributed by atoms with Crippen molar-refractivity contribution in [1.82, 2.24) is 4.90 Å². The van der Waals surface area contributed by atoms with E-state index in [4.69, 9.17) is 19.9 Å². The van der Waals surface area contributed by atoms with Crippen LogP contribution in [0.5, 0.6) is 0 Å². The first kappa shape index (κ1) is 16.7. The molecule has 1 amide bonds. The minimum atomic E-state index is -0.567. The molecule has 6 nitrogen and oxygen atoms in total. The first-order valence-electron chi connectivity index (χ1n) is 7.90. The average molecular weight is 300 g/mol. The number of carbonyl (C=O) groups excluding carboxylic acids is 1. The fraction of sp³-hybridized carbons (Fsp3) is 0.933. The molecule has 21 heavy (non-hydrogen) atoms. The number of hydrogen-bond donors (Lipinski definition) is 1. The van der Waals surface area contributed by atoms with Gasteiger partial charge in [-0.2, -0.15) is 0 Å². The average Bonchev–Trinajstić information content (AvgIpc) is 2.84. The van der Waals surface area contributed by atoms with Crippen LogP contribution in [0.4, 0.5) is 0 Å². The van der Waals surface area contributed by atoms with Gasteiger partial charge in [-0.3, -0.25) is 4.79 Å². The second-order valence-corrected chi connectivity index (χ2v) is 6.10. The Bertz CT molecular complexity index is 345. The van der Waals surface area contributed by atoms with E-state index in [0.717, 1.165) is 32.5 Å². The highest BCUT2D eigenvalue weighted by atomic mass is 16.5. The van der Waals surface area contributed by atoms with Crippen LogP contribution in [0.2, 0.25) is 0 Å². The van der Waals surface area contributed by atoms with Gasteiger partial charge in [-0.05, 0) is 26.7 Å². The van der Waals surface area contributed by atoms with Crippen molar-refractivity contribution in [2.75, 3.05) is 46.1 Å². The van der Waals surface area contributed by atoms with Crippen molar-refractivity contribution < 1.29 is 19.0 Å². The van der Waals surface area contributed by atoms with Crippen molar-refractivity contribution in [2.45, 2.75) is 38.8 Å². The zero-order chi connectivity index (χ0) is 15.3. The van der Waals surface area contributed by atoms with Gasteiger partial charge in [-0.1, -0.05) is 0 Å². The van der Waals surface area contributed by atoms with Crippen molar-refractivity contribution in [3.8, 4) is 0 Å². The summed E-state index contributed by atoms with van der Waals surface area (Å²) in [6, 6.07) is -0.204. The van der Waals surface area contributed by atoms with Crippen molar-refractivity contribution >= 4 is 5.91 Å². The van der Waals surface area contributed by atoms with Gasteiger partial charge in [-0.25, -0.2) is 0 Å². The van der Waals surface area contributed by atoms with E-state index in [9.17, 15) is 4.79 Å². The molecule has 2 atom stereocenters. The molecule has 2 saturated heterocycles. The summed E-state index contributed by atoms with van der Waals surface area (Å²) in [7, 11) is 0. The maximum atomic E-state index is 12.6. The number of ether oxygens (including phenoxy) is 3. The Labute approximate surface area is 126 Å². The summed E-state index contributed by atoms with van der Waals surface area (Å²) in [4.78, 5) is 14.6. The lowest BCUT2D eigenvalue weighted by Crippen LogP contribution is -2.53. The molecule has 2 unspecified atom stereocenters. The Morgan fingerprint density at radius 1 is 1.38 bits per heavy atom. The minimum Gasteiger partial charge on any atom is -0.379 e. The Morgan fingerprint density at radius 2 is 2.10 bits per heavy atom. The van der Waals surface area contributed by atoms with Crippen molar-refractivity contribution in [1.29, 1.82) is 0 Å². The number of nitrogens with two attached hydrogens (primary N) is 1. The van der Waals surface area contributed by atoms with Crippen molar-refractivity contribution in [2.24, 2.45) is 11.1 Å². The van der Waals surface area contributed by atoms with E-state index < -0.39 is 5.41 Å². The van der Waals surface area contributed by atoms with E-state index in [1.165, 1.54) is 0 Å². The molecule has 2 heterocycles. The molecule has 2 aliphatic rings. The third kappa shape index (κ3) is 3.94. The normalized spacial score (nSPS) is 30.8. The Kier molecular flexibility index (Phi) is 5.98. The third-order valence-corrected chi connectivity index (χ3v) is 4.52. The first-order chi connectivity index (χ1) is 10.1. The van der Waals surface area contributed by atoms with Crippen molar-refractivity contribution in [3.05, 3.63) is 0 Å². The highest BCUT2D eigenvalue weighted by Crippen LogP contribution is 2.30. The number of amides is 1. The fourth-order valence-electron chi connectivity index (χ4n) is 2.91. The van der Waals surface area contributed by atoms with Gasteiger partial charge in [-0.15, -0.1) is 0 Å². The van der Waals surface area contributed by atoms with Crippen molar-refractivity contribution in [3.63, 3.8) is 0 Å². The second-order valence-electron chi connectivity index (χ2n) is 6.10. The number of rotatable bonds is 6. The van der Waals surface area contributed by atoms with Gasteiger partial charge in [0.05, 0.1) is 37.9 Å². The number of carbonyl (C=O) groups is 1. The summed E-state index contributed by atoms with van der Waals surface area (Å²) >= 11 is 0. The lowest BCUT2D eigenvalue weighted by atomic mass is 9.83. The predicted octanol–water partition coefficient (Wildman–Crippen LogP) is 0.394. The first-order valence-corrected chi connectivity index (χ1v) is 7.90. The Hall–Kier alpha value is -0.690. The van der Waals surface area contributed by atoms with Crippen LogP contribution in [0.3, 0.4) is 0 Å². The maximum absolute atomic E-state index is 12.6. The van der Waals surface area contributed by atoms with Crippen LogP contribution in [0.25, 0.3) is 0 Å². The van der Waals surface area contributed by atoms with E-state index in [1.54, 1.807) is 0 Å². The Morgan fingerprint density at radius 3 is 2.67 bits per heavy atom. The molecule has 6 heteroatoms. The van der Waals surface area contributed by atoms with Gasteiger partial charge < -0.3 is 24.8 Å². The van der Waals surface area contributed by atoms with Crippen LogP contribution in [0.1, 0.15) is 26.7 Å². The van der Waals surface area contributed by atoms with Gasteiger partial charge in [0.15, 0.2) is 0 Å². The van der Waals surface area contributed by atoms with Crippen LogP contribution < -0.4 is 5.73 Å². The summed E-state index contributed by atoms with van der Waals surface area (Å²) in [6.07, 6.45) is 1.99. The standard InChI is InChI=1S/C15H28N2O4/c1-3-19-8-9-21-12-4-6-17(7-5-12)14(18)15(2)11-20-10-13(15)16/h12-13H,3-11,16H2,1-2H3. The summed E-state index contributed by atoms with van der Waals surface area (Å²) in [6.45, 7) is 8.25. The lowest BCUT2D eigenvalue weighted by Gasteiger charge is -2.37. The van der Waals surface area contributed by atoms with E-state index in [1.807, 2.05) is 18.7 Å². The topological polar surface area (TPSA) is 74.0 Å². The fourth-order valence-corrected chi connectivity index (χ4v) is 2.91. The van der Waals surface area contributed by atoms with Crippen LogP contribution in [0, 0.1) is 5.41 Å². The maximum Gasteiger partial charge on any atom is 0.232 e. The second kappa shape index (κ2) is 7.54. The molecule has 2 rings (SSSR count). The largest absolute Gasteiger partial charge is 0.379 e. The number of likely N-dealkylation sites (tertiary alicyclic amines) is 1. The Balaban J connectivity index is 1.74. The molecule has 0 spiro atoms. The molecule has 0 radical (unpaired) electrons. The zero-order valence-corrected chi connectivity index (χ0v) is 13.2. The van der Waals surface area contributed by atoms with Gasteiger partial charge in [0, 0.05) is 25.7 Å². The monoisotopic (exact) mass is 300 g/mol. The summed E-state index contributed by atoms with van der Waals surface area (Å²) in [5.74, 6) is 0.125. The van der Waals surface area contributed by atoms with E-state index in [0.29, 0.717) is 26.4 Å². The molecular formula is C15H28N2O4. The predicted molar refractivity (Wildman–Crippen MR) is 78.9 cm³/mol. The van der Waals surface area contributed by atoms with E-state index >= 15 is 0 Å². The third-order valence-electron chi connectivity index (χ3n) is 4.52. The van der Waals surface area contributed by atoms with E-state index in [2.05, 4.69) is 0 Å². The molecule has 0 aromatic heterocycles. The number of piperidine rings is 1. The molecule has 122 valence electrons.